The van der Waals surface area contributed by atoms with Gasteiger partial charge in [0.05, 0.1) is 17.4 Å². The van der Waals surface area contributed by atoms with Crippen LogP contribution in [0.15, 0.2) is 61.1 Å². The summed E-state index contributed by atoms with van der Waals surface area (Å²) in [6, 6.07) is 13.8. The van der Waals surface area contributed by atoms with E-state index in [4.69, 9.17) is 5.84 Å². The van der Waals surface area contributed by atoms with Crippen molar-refractivity contribution in [3.05, 3.63) is 77.9 Å². The molecule has 106 valence electrons. The third-order valence-corrected chi connectivity index (χ3v) is 3.53. The Kier molecular flexibility index (Phi) is 3.77. The van der Waals surface area contributed by atoms with Crippen molar-refractivity contribution in [2.45, 2.75) is 13.0 Å². The zero-order valence-electron chi connectivity index (χ0n) is 11.8. The summed E-state index contributed by atoms with van der Waals surface area (Å²) in [6.07, 6.45) is 5.39. The van der Waals surface area contributed by atoms with Gasteiger partial charge in [0.1, 0.15) is 0 Å². The molecule has 2 aromatic heterocycles. The van der Waals surface area contributed by atoms with Gasteiger partial charge in [0.15, 0.2) is 0 Å². The second-order valence-electron chi connectivity index (χ2n) is 4.84. The number of pyridine rings is 1. The summed E-state index contributed by atoms with van der Waals surface area (Å²) in [5, 5.41) is 4.41. The third-order valence-electron chi connectivity index (χ3n) is 3.53. The molecule has 5 heteroatoms. The van der Waals surface area contributed by atoms with Gasteiger partial charge in [-0.25, -0.2) is 10.1 Å². The van der Waals surface area contributed by atoms with Crippen molar-refractivity contribution in [1.29, 1.82) is 0 Å². The van der Waals surface area contributed by atoms with Crippen LogP contribution in [-0.4, -0.2) is 14.8 Å². The Morgan fingerprint density at radius 2 is 1.90 bits per heavy atom. The third kappa shape index (κ3) is 2.56. The van der Waals surface area contributed by atoms with E-state index in [-0.39, 0.29) is 6.04 Å². The second-order valence-corrected chi connectivity index (χ2v) is 4.84. The Morgan fingerprint density at radius 3 is 2.62 bits per heavy atom. The molecule has 0 aliphatic heterocycles. The molecular weight excluding hydrogens is 262 g/mol. The van der Waals surface area contributed by atoms with E-state index in [0.717, 1.165) is 22.5 Å². The average Bonchev–Trinajstić information content (AvgIpc) is 3.00. The molecule has 1 unspecified atom stereocenters. The summed E-state index contributed by atoms with van der Waals surface area (Å²) in [5.41, 5.74) is 7.01. The van der Waals surface area contributed by atoms with E-state index >= 15 is 0 Å². The topological polar surface area (TPSA) is 68.8 Å². The molecule has 0 saturated carbocycles. The molecule has 2 heterocycles. The van der Waals surface area contributed by atoms with Gasteiger partial charge >= 0.3 is 0 Å². The highest BCUT2D eigenvalue weighted by Crippen LogP contribution is 2.25. The number of para-hydroxylation sites is 1. The lowest BCUT2D eigenvalue weighted by molar-refractivity contribution is 0.593. The fraction of sp³-hybridized carbons (Fsp3) is 0.125. The van der Waals surface area contributed by atoms with Crippen molar-refractivity contribution < 1.29 is 0 Å². The Hall–Kier alpha value is -2.50. The van der Waals surface area contributed by atoms with E-state index in [9.17, 15) is 0 Å². The molecule has 1 aromatic carbocycles. The maximum absolute atomic E-state index is 5.79. The van der Waals surface area contributed by atoms with Crippen molar-refractivity contribution in [3.8, 4) is 5.69 Å². The highest BCUT2D eigenvalue weighted by molar-refractivity contribution is 5.37. The molecule has 3 aromatic rings. The number of aryl methyl sites for hydroxylation is 1. The molecule has 3 N–H and O–H groups in total. The van der Waals surface area contributed by atoms with Crippen LogP contribution in [0.2, 0.25) is 0 Å². The van der Waals surface area contributed by atoms with Crippen LogP contribution in [-0.2, 0) is 0 Å². The van der Waals surface area contributed by atoms with Crippen LogP contribution in [0.5, 0.6) is 0 Å². The van der Waals surface area contributed by atoms with Gasteiger partial charge in [-0.05, 0) is 42.3 Å². The monoisotopic (exact) mass is 279 g/mol. The minimum absolute atomic E-state index is 0.165. The van der Waals surface area contributed by atoms with Gasteiger partial charge in [-0.1, -0.05) is 18.2 Å². The van der Waals surface area contributed by atoms with Crippen LogP contribution in [0.1, 0.15) is 22.9 Å². The zero-order valence-corrected chi connectivity index (χ0v) is 11.8. The summed E-state index contributed by atoms with van der Waals surface area (Å²) in [6.45, 7) is 2.05. The van der Waals surface area contributed by atoms with E-state index in [2.05, 4.69) is 15.5 Å². The first-order valence-corrected chi connectivity index (χ1v) is 6.77. The normalized spacial score (nSPS) is 12.3. The lowest BCUT2D eigenvalue weighted by atomic mass is 10.0. The van der Waals surface area contributed by atoms with Gasteiger partial charge in [-0.3, -0.25) is 10.8 Å². The molecule has 21 heavy (non-hydrogen) atoms. The summed E-state index contributed by atoms with van der Waals surface area (Å²) in [5.74, 6) is 5.79. The van der Waals surface area contributed by atoms with Crippen LogP contribution in [0.4, 0.5) is 0 Å². The Labute approximate surface area is 123 Å². The Morgan fingerprint density at radius 1 is 1.10 bits per heavy atom. The first-order chi connectivity index (χ1) is 10.3. The second kappa shape index (κ2) is 5.87. The molecular formula is C16H17N5. The smallest absolute Gasteiger partial charge is 0.0900 e. The van der Waals surface area contributed by atoms with Gasteiger partial charge in [0.2, 0.25) is 0 Å². The fourth-order valence-electron chi connectivity index (χ4n) is 2.43. The van der Waals surface area contributed by atoms with Crippen molar-refractivity contribution >= 4 is 0 Å². The van der Waals surface area contributed by atoms with Gasteiger partial charge in [-0.15, -0.1) is 0 Å². The van der Waals surface area contributed by atoms with Crippen molar-refractivity contribution in [2.24, 2.45) is 5.84 Å². The number of nitrogens with two attached hydrogens (primary N) is 1. The van der Waals surface area contributed by atoms with Crippen molar-refractivity contribution in [3.63, 3.8) is 0 Å². The van der Waals surface area contributed by atoms with Crippen LogP contribution >= 0.6 is 0 Å². The Balaban J connectivity index is 2.08. The molecule has 0 bridgehead atoms. The molecule has 0 spiro atoms. The van der Waals surface area contributed by atoms with E-state index in [1.54, 1.807) is 12.4 Å². The van der Waals surface area contributed by atoms with Crippen LogP contribution in [0.3, 0.4) is 0 Å². The average molecular weight is 279 g/mol. The molecule has 1 atom stereocenters. The number of hydrazine groups is 1. The van der Waals surface area contributed by atoms with Gasteiger partial charge in [-0.2, -0.15) is 5.10 Å². The quantitative estimate of drug-likeness (QED) is 0.567. The lowest BCUT2D eigenvalue weighted by Gasteiger charge is -2.19. The number of nitrogens with one attached hydrogen (secondary N) is 1. The molecule has 0 amide bonds. The molecule has 0 aliphatic rings. The molecule has 3 rings (SSSR count). The van der Waals surface area contributed by atoms with Crippen molar-refractivity contribution in [2.75, 3.05) is 0 Å². The summed E-state index contributed by atoms with van der Waals surface area (Å²) in [7, 11) is 0. The standard InChI is InChI=1S/C16H17N5/c1-12-7-9-18-11-14(12)16(20-17)15-8-10-19-21(15)13-5-3-2-4-6-13/h2-11,16,20H,17H2,1H3. The SMILES string of the molecule is Cc1ccncc1C(NN)c1ccnn1-c1ccccc1. The van der Waals surface area contributed by atoms with Crippen LogP contribution < -0.4 is 11.3 Å². The number of rotatable bonds is 4. The van der Waals surface area contributed by atoms with E-state index in [1.807, 2.05) is 60.3 Å². The first kappa shape index (κ1) is 13.5. The minimum atomic E-state index is -0.165. The summed E-state index contributed by atoms with van der Waals surface area (Å²) in [4.78, 5) is 4.20. The lowest BCUT2D eigenvalue weighted by Crippen LogP contribution is -2.31. The molecule has 0 fully saturated rings. The van der Waals surface area contributed by atoms with E-state index < -0.39 is 0 Å². The highest BCUT2D eigenvalue weighted by atomic mass is 15.3. The maximum atomic E-state index is 5.79. The highest BCUT2D eigenvalue weighted by Gasteiger charge is 2.19. The minimum Gasteiger partial charge on any atom is -0.271 e. The first-order valence-electron chi connectivity index (χ1n) is 6.77. The number of benzene rings is 1. The zero-order chi connectivity index (χ0) is 14.7. The Bertz CT molecular complexity index is 720. The number of nitrogens with zero attached hydrogens (tertiary/aromatic N) is 3. The summed E-state index contributed by atoms with van der Waals surface area (Å²) < 4.78 is 1.89. The number of aromatic nitrogens is 3. The van der Waals surface area contributed by atoms with Gasteiger partial charge < -0.3 is 0 Å². The summed E-state index contributed by atoms with van der Waals surface area (Å²) >= 11 is 0. The molecule has 0 saturated heterocycles. The van der Waals surface area contributed by atoms with E-state index in [0.29, 0.717) is 0 Å². The van der Waals surface area contributed by atoms with Crippen LogP contribution in [0, 0.1) is 6.92 Å². The van der Waals surface area contributed by atoms with Crippen LogP contribution in [0.25, 0.3) is 5.69 Å². The molecule has 5 nitrogen and oxygen atoms in total. The largest absolute Gasteiger partial charge is 0.271 e. The predicted octanol–water partition coefficient (Wildman–Crippen LogP) is 2.13. The van der Waals surface area contributed by atoms with Crippen molar-refractivity contribution in [1.82, 2.24) is 20.2 Å². The number of hydrogen-bond acceptors (Lipinski definition) is 4. The van der Waals surface area contributed by atoms with Gasteiger partial charge in [0, 0.05) is 18.6 Å². The fourth-order valence-corrected chi connectivity index (χ4v) is 2.43. The maximum Gasteiger partial charge on any atom is 0.0900 e. The molecule has 0 radical (unpaired) electrons. The predicted molar refractivity (Wildman–Crippen MR) is 81.7 cm³/mol. The number of hydrogen-bond donors (Lipinski definition) is 2. The molecule has 0 aliphatic carbocycles. The van der Waals surface area contributed by atoms with E-state index in [1.165, 1.54) is 0 Å². The van der Waals surface area contributed by atoms with Gasteiger partial charge in [0.25, 0.3) is 0 Å².